The molecule has 2 fully saturated rings. The van der Waals surface area contributed by atoms with E-state index >= 15 is 0 Å². The molecule has 0 bridgehead atoms. The molecule has 1 aliphatic heterocycles. The first-order valence-corrected chi connectivity index (χ1v) is 7.12. The van der Waals surface area contributed by atoms with Crippen LogP contribution in [0.1, 0.15) is 52.9 Å². The van der Waals surface area contributed by atoms with Crippen molar-refractivity contribution in [2.24, 2.45) is 0 Å². The first-order chi connectivity index (χ1) is 8.85. The van der Waals surface area contributed by atoms with E-state index in [0.29, 0.717) is 13.2 Å². The summed E-state index contributed by atoms with van der Waals surface area (Å²) in [5.74, 6) is -0.118. The van der Waals surface area contributed by atoms with E-state index in [1.165, 1.54) is 0 Å². The van der Waals surface area contributed by atoms with Gasteiger partial charge in [-0.05, 0) is 33.6 Å². The molecule has 1 N–H and O–H groups in total. The minimum atomic E-state index is -0.601. The van der Waals surface area contributed by atoms with Crippen molar-refractivity contribution in [3.05, 3.63) is 0 Å². The normalized spacial score (nSPS) is 23.0. The van der Waals surface area contributed by atoms with Gasteiger partial charge in [-0.2, -0.15) is 0 Å². The van der Waals surface area contributed by atoms with Crippen LogP contribution < -0.4 is 5.32 Å². The molecular formula is C14H24N2O3. The maximum atomic E-state index is 12.1. The number of hydrogen-bond acceptors (Lipinski definition) is 3. The fourth-order valence-electron chi connectivity index (χ4n) is 2.99. The largest absolute Gasteiger partial charge is 0.374 e. The van der Waals surface area contributed by atoms with E-state index in [2.05, 4.69) is 5.32 Å². The smallest absolute Gasteiger partial charge is 0.325 e. The second-order valence-corrected chi connectivity index (χ2v) is 6.46. The molecule has 1 spiro atoms. The quantitative estimate of drug-likeness (QED) is 0.797. The molecule has 1 saturated heterocycles. The Hall–Kier alpha value is -1.10. The van der Waals surface area contributed by atoms with Crippen molar-refractivity contribution in [3.63, 3.8) is 0 Å². The highest BCUT2D eigenvalue weighted by Gasteiger charge is 2.52. The fourth-order valence-corrected chi connectivity index (χ4v) is 2.99. The van der Waals surface area contributed by atoms with Crippen LogP contribution in [0.5, 0.6) is 0 Å². The van der Waals surface area contributed by atoms with Gasteiger partial charge < -0.3 is 9.64 Å². The average Bonchev–Trinajstić information content (AvgIpc) is 2.53. The molecule has 0 aromatic carbocycles. The summed E-state index contributed by atoms with van der Waals surface area (Å²) in [6.45, 7) is 6.90. The molecule has 2 rings (SSSR count). The zero-order chi connectivity index (χ0) is 14.1. The molecule has 5 heteroatoms. The topological polar surface area (TPSA) is 58.6 Å². The van der Waals surface area contributed by atoms with Crippen molar-refractivity contribution in [1.82, 2.24) is 10.2 Å². The lowest BCUT2D eigenvalue weighted by Gasteiger charge is -2.38. The van der Waals surface area contributed by atoms with Crippen LogP contribution >= 0.6 is 0 Å². The molecule has 0 aromatic rings. The number of nitrogens with zero attached hydrogens (tertiary/aromatic N) is 1. The summed E-state index contributed by atoms with van der Waals surface area (Å²) in [5, 5.41) is 2.47. The minimum absolute atomic E-state index is 0.118. The Morgan fingerprint density at radius 2 is 1.84 bits per heavy atom. The van der Waals surface area contributed by atoms with Crippen LogP contribution in [0, 0.1) is 0 Å². The van der Waals surface area contributed by atoms with Gasteiger partial charge in [0, 0.05) is 6.54 Å². The Morgan fingerprint density at radius 3 is 2.42 bits per heavy atom. The third-order valence-electron chi connectivity index (χ3n) is 3.94. The molecule has 5 nitrogen and oxygen atoms in total. The lowest BCUT2D eigenvalue weighted by molar-refractivity contribution is -0.128. The van der Waals surface area contributed by atoms with Gasteiger partial charge in [-0.25, -0.2) is 4.79 Å². The lowest BCUT2D eigenvalue weighted by atomic mass is 9.80. The first kappa shape index (κ1) is 14.3. The van der Waals surface area contributed by atoms with Crippen LogP contribution in [0.2, 0.25) is 0 Å². The van der Waals surface area contributed by atoms with Gasteiger partial charge in [0.25, 0.3) is 5.91 Å². The van der Waals surface area contributed by atoms with Crippen LogP contribution in [-0.4, -0.2) is 41.1 Å². The van der Waals surface area contributed by atoms with Crippen LogP contribution in [-0.2, 0) is 9.53 Å². The highest BCUT2D eigenvalue weighted by atomic mass is 16.5. The van der Waals surface area contributed by atoms with Crippen molar-refractivity contribution >= 4 is 11.9 Å². The summed E-state index contributed by atoms with van der Waals surface area (Å²) >= 11 is 0. The zero-order valence-electron chi connectivity index (χ0n) is 12.1. The highest BCUT2D eigenvalue weighted by Crippen LogP contribution is 2.36. The predicted molar refractivity (Wildman–Crippen MR) is 71.8 cm³/mol. The van der Waals surface area contributed by atoms with E-state index in [1.807, 2.05) is 20.8 Å². The van der Waals surface area contributed by atoms with Crippen molar-refractivity contribution in [2.45, 2.75) is 64.0 Å². The van der Waals surface area contributed by atoms with Crippen molar-refractivity contribution in [3.8, 4) is 0 Å². The molecule has 1 aliphatic carbocycles. The Balaban J connectivity index is 2.03. The van der Waals surface area contributed by atoms with Gasteiger partial charge in [0.2, 0.25) is 0 Å². The molecule has 19 heavy (non-hydrogen) atoms. The fraction of sp³-hybridized carbons (Fsp3) is 0.857. The Labute approximate surface area is 114 Å². The summed E-state index contributed by atoms with van der Waals surface area (Å²) < 4.78 is 5.68. The molecule has 2 aliphatic rings. The summed E-state index contributed by atoms with van der Waals surface area (Å²) in [6.07, 6.45) is 4.73. The van der Waals surface area contributed by atoms with Gasteiger partial charge in [0.15, 0.2) is 0 Å². The second-order valence-electron chi connectivity index (χ2n) is 6.46. The van der Waals surface area contributed by atoms with Gasteiger partial charge in [0.1, 0.15) is 5.54 Å². The maximum absolute atomic E-state index is 12.1. The van der Waals surface area contributed by atoms with E-state index in [-0.39, 0.29) is 17.5 Å². The average molecular weight is 268 g/mol. The van der Waals surface area contributed by atoms with E-state index in [4.69, 9.17) is 4.74 Å². The summed E-state index contributed by atoms with van der Waals surface area (Å²) in [5.41, 5.74) is -0.823. The van der Waals surface area contributed by atoms with Crippen molar-refractivity contribution in [1.29, 1.82) is 0 Å². The van der Waals surface area contributed by atoms with Crippen LogP contribution in [0.25, 0.3) is 0 Å². The Bertz CT molecular complexity index is 367. The van der Waals surface area contributed by atoms with E-state index in [1.54, 1.807) is 4.90 Å². The molecule has 1 heterocycles. The van der Waals surface area contributed by atoms with Crippen molar-refractivity contribution < 1.29 is 14.3 Å². The predicted octanol–water partition coefficient (Wildman–Crippen LogP) is 2.06. The number of urea groups is 1. The van der Waals surface area contributed by atoms with Crippen LogP contribution in [0.4, 0.5) is 4.79 Å². The number of carbonyl (C=O) groups is 2. The standard InChI is InChI=1S/C14H24N2O3/c1-13(2,3)19-10-9-16-12(18)15-11(17)14(16)7-5-4-6-8-14/h4-10H2,1-3H3,(H,15,17,18). The first-order valence-electron chi connectivity index (χ1n) is 7.12. The number of imide groups is 1. The van der Waals surface area contributed by atoms with Gasteiger partial charge in [-0.1, -0.05) is 19.3 Å². The number of amides is 3. The SMILES string of the molecule is CC(C)(C)OCCN1C(=O)NC(=O)C12CCCCC2. The van der Waals surface area contributed by atoms with Crippen LogP contribution in [0.15, 0.2) is 0 Å². The molecular weight excluding hydrogens is 244 g/mol. The van der Waals surface area contributed by atoms with Gasteiger partial charge in [0.05, 0.1) is 12.2 Å². The molecule has 1 saturated carbocycles. The maximum Gasteiger partial charge on any atom is 0.325 e. The Morgan fingerprint density at radius 1 is 1.21 bits per heavy atom. The third-order valence-corrected chi connectivity index (χ3v) is 3.94. The van der Waals surface area contributed by atoms with Gasteiger partial charge >= 0.3 is 6.03 Å². The molecule has 3 amide bonds. The summed E-state index contributed by atoms with van der Waals surface area (Å²) in [7, 11) is 0. The lowest BCUT2D eigenvalue weighted by Crippen LogP contribution is -2.52. The van der Waals surface area contributed by atoms with Gasteiger partial charge in [-0.3, -0.25) is 10.1 Å². The molecule has 0 aromatic heterocycles. The number of nitrogens with one attached hydrogen (secondary N) is 1. The minimum Gasteiger partial charge on any atom is -0.374 e. The van der Waals surface area contributed by atoms with E-state index < -0.39 is 5.54 Å². The third kappa shape index (κ3) is 2.91. The molecule has 0 atom stereocenters. The van der Waals surface area contributed by atoms with E-state index in [9.17, 15) is 9.59 Å². The number of carbonyl (C=O) groups excluding carboxylic acids is 2. The molecule has 0 radical (unpaired) electrons. The Kier molecular flexibility index (Phi) is 3.85. The van der Waals surface area contributed by atoms with Crippen molar-refractivity contribution in [2.75, 3.05) is 13.2 Å². The monoisotopic (exact) mass is 268 g/mol. The summed E-state index contributed by atoms with van der Waals surface area (Å²) in [6, 6.07) is -0.260. The number of ether oxygens (including phenoxy) is 1. The zero-order valence-corrected chi connectivity index (χ0v) is 12.1. The van der Waals surface area contributed by atoms with Gasteiger partial charge in [-0.15, -0.1) is 0 Å². The number of hydrogen-bond donors (Lipinski definition) is 1. The number of rotatable bonds is 3. The summed E-state index contributed by atoms with van der Waals surface area (Å²) in [4.78, 5) is 25.8. The highest BCUT2D eigenvalue weighted by molar-refractivity contribution is 6.07. The molecule has 0 unspecified atom stereocenters. The second kappa shape index (κ2) is 5.12. The van der Waals surface area contributed by atoms with E-state index in [0.717, 1.165) is 32.1 Å². The van der Waals surface area contributed by atoms with Crippen LogP contribution in [0.3, 0.4) is 0 Å². The molecule has 108 valence electrons.